The van der Waals surface area contributed by atoms with Crippen molar-refractivity contribution in [1.29, 1.82) is 0 Å². The molecule has 9 heteroatoms. The number of nitrogens with zero attached hydrogens (tertiary/aromatic N) is 7. The number of aliphatic hydroxyl groups is 1. The third-order valence-electron chi connectivity index (χ3n) is 6.68. The lowest BCUT2D eigenvalue weighted by atomic mass is 10.0. The summed E-state index contributed by atoms with van der Waals surface area (Å²) in [6.07, 6.45) is 5.96. The molecule has 172 valence electrons. The van der Waals surface area contributed by atoms with E-state index in [2.05, 4.69) is 26.0 Å². The summed E-state index contributed by atoms with van der Waals surface area (Å²) < 4.78 is 5.07. The summed E-state index contributed by atoms with van der Waals surface area (Å²) in [7, 11) is 3.62. The van der Waals surface area contributed by atoms with Crippen molar-refractivity contribution in [3.8, 4) is 16.8 Å². The second-order valence-corrected chi connectivity index (χ2v) is 8.97. The second-order valence-electron chi connectivity index (χ2n) is 8.97. The Bertz CT molecular complexity index is 1610. The van der Waals surface area contributed by atoms with Crippen LogP contribution in [-0.4, -0.2) is 53.2 Å². The SMILES string of the molecule is Cc1nn(C)cc1-n1c(=O)n(C)c2cnc3ccc(-c4ccc(N5CC[C@H](O)C5)nc4)cc3c21. The molecule has 0 saturated carbocycles. The molecule has 9 nitrogen and oxygen atoms in total. The first-order valence-corrected chi connectivity index (χ1v) is 11.3. The van der Waals surface area contributed by atoms with Crippen LogP contribution in [0.1, 0.15) is 12.1 Å². The summed E-state index contributed by atoms with van der Waals surface area (Å²) in [5.74, 6) is 0.870. The lowest BCUT2D eigenvalue weighted by Gasteiger charge is -2.16. The van der Waals surface area contributed by atoms with E-state index in [4.69, 9.17) is 0 Å². The number of aliphatic hydroxyl groups excluding tert-OH is 1. The van der Waals surface area contributed by atoms with Gasteiger partial charge >= 0.3 is 5.69 Å². The molecule has 6 rings (SSSR count). The highest BCUT2D eigenvalue weighted by atomic mass is 16.3. The van der Waals surface area contributed by atoms with Crippen molar-refractivity contribution >= 4 is 27.8 Å². The summed E-state index contributed by atoms with van der Waals surface area (Å²) in [6, 6.07) is 10.1. The molecular weight excluding hydrogens is 430 g/mol. The fraction of sp³-hybridized carbons (Fsp3) is 0.280. The topological polar surface area (TPSA) is 94.0 Å². The highest BCUT2D eigenvalue weighted by Gasteiger charge is 2.22. The molecule has 1 aromatic carbocycles. The second kappa shape index (κ2) is 7.53. The fourth-order valence-electron chi connectivity index (χ4n) is 4.90. The Balaban J connectivity index is 1.52. The maximum absolute atomic E-state index is 13.3. The van der Waals surface area contributed by atoms with E-state index in [0.717, 1.165) is 63.2 Å². The van der Waals surface area contributed by atoms with Crippen molar-refractivity contribution in [3.05, 3.63) is 65.1 Å². The van der Waals surface area contributed by atoms with Gasteiger partial charge in [0.05, 0.1) is 40.2 Å². The van der Waals surface area contributed by atoms with E-state index < -0.39 is 0 Å². The zero-order valence-corrected chi connectivity index (χ0v) is 19.3. The highest BCUT2D eigenvalue weighted by Crippen LogP contribution is 2.30. The van der Waals surface area contributed by atoms with Crippen LogP contribution in [0.2, 0.25) is 0 Å². The zero-order chi connectivity index (χ0) is 23.6. The molecule has 0 radical (unpaired) electrons. The van der Waals surface area contributed by atoms with E-state index in [0.29, 0.717) is 6.54 Å². The van der Waals surface area contributed by atoms with E-state index in [1.54, 1.807) is 27.1 Å². The summed E-state index contributed by atoms with van der Waals surface area (Å²) in [6.45, 7) is 3.33. The van der Waals surface area contributed by atoms with Gasteiger partial charge < -0.3 is 10.0 Å². The van der Waals surface area contributed by atoms with Gasteiger partial charge in [-0.3, -0.25) is 18.8 Å². The average molecular weight is 456 g/mol. The molecule has 1 atom stereocenters. The standard InChI is InChI=1S/C25H25N7O2/c1-15-22(14-29(2)28-15)32-24-19-10-16(4-6-20(19)26-12-21(24)30(3)25(32)34)17-5-7-23(27-11-17)31-9-8-18(33)13-31/h4-7,10-12,14,18,33H,8-9,13H2,1-3H3/t18-/m0/s1. The molecule has 1 saturated heterocycles. The molecule has 34 heavy (non-hydrogen) atoms. The van der Waals surface area contributed by atoms with Gasteiger partial charge in [0.15, 0.2) is 0 Å². The number of β-amino-alcohol motifs (C(OH)–C–C–N with tert-alkyl or cyclic N) is 1. The number of hydrogen-bond acceptors (Lipinski definition) is 6. The van der Waals surface area contributed by atoms with Gasteiger partial charge in [0, 0.05) is 50.5 Å². The van der Waals surface area contributed by atoms with Crippen LogP contribution < -0.4 is 10.6 Å². The number of pyridine rings is 2. The maximum atomic E-state index is 13.3. The molecule has 1 aliphatic heterocycles. The summed E-state index contributed by atoms with van der Waals surface area (Å²) >= 11 is 0. The Morgan fingerprint density at radius 1 is 1.06 bits per heavy atom. The first-order chi connectivity index (χ1) is 16.4. The van der Waals surface area contributed by atoms with E-state index >= 15 is 0 Å². The molecule has 0 bridgehead atoms. The van der Waals surface area contributed by atoms with Gasteiger partial charge in [-0.05, 0) is 43.2 Å². The lowest BCUT2D eigenvalue weighted by molar-refractivity contribution is 0.198. The van der Waals surface area contributed by atoms with Gasteiger partial charge in [-0.2, -0.15) is 5.10 Å². The molecule has 0 aliphatic carbocycles. The molecule has 1 N–H and O–H groups in total. The Hall–Kier alpha value is -3.98. The number of anilines is 1. The first kappa shape index (κ1) is 20.6. The molecule has 5 aromatic rings. The van der Waals surface area contributed by atoms with Gasteiger partial charge in [-0.25, -0.2) is 9.78 Å². The minimum atomic E-state index is -0.288. The van der Waals surface area contributed by atoms with Crippen molar-refractivity contribution in [2.45, 2.75) is 19.4 Å². The van der Waals surface area contributed by atoms with Crippen LogP contribution in [0.4, 0.5) is 5.82 Å². The third kappa shape index (κ3) is 3.12. The molecule has 0 unspecified atom stereocenters. The monoisotopic (exact) mass is 455 g/mol. The highest BCUT2D eigenvalue weighted by molar-refractivity contribution is 6.04. The molecular formula is C25H25N7O2. The van der Waals surface area contributed by atoms with Gasteiger partial charge in [0.25, 0.3) is 0 Å². The Kier molecular flexibility index (Phi) is 4.56. The molecule has 4 aromatic heterocycles. The van der Waals surface area contributed by atoms with Crippen LogP contribution in [0, 0.1) is 6.92 Å². The predicted molar refractivity (Wildman–Crippen MR) is 131 cm³/mol. The number of aromatic nitrogens is 6. The van der Waals surface area contributed by atoms with E-state index in [1.807, 2.05) is 50.6 Å². The van der Waals surface area contributed by atoms with Crippen molar-refractivity contribution in [2.24, 2.45) is 14.1 Å². The van der Waals surface area contributed by atoms with Crippen LogP contribution in [0.15, 0.2) is 53.7 Å². The van der Waals surface area contributed by atoms with E-state index in [9.17, 15) is 9.90 Å². The van der Waals surface area contributed by atoms with Gasteiger partial charge in [0.2, 0.25) is 0 Å². The quantitative estimate of drug-likeness (QED) is 0.449. The normalized spacial score (nSPS) is 16.2. The summed E-state index contributed by atoms with van der Waals surface area (Å²) in [5, 5.41) is 15.1. The Labute approximate surface area is 195 Å². The molecule has 0 amide bonds. The smallest absolute Gasteiger partial charge is 0.333 e. The van der Waals surface area contributed by atoms with Gasteiger partial charge in [-0.1, -0.05) is 6.07 Å². The summed E-state index contributed by atoms with van der Waals surface area (Å²) in [4.78, 5) is 24.6. The molecule has 1 aliphatic rings. The zero-order valence-electron chi connectivity index (χ0n) is 19.3. The number of benzene rings is 1. The van der Waals surface area contributed by atoms with Crippen molar-refractivity contribution in [3.63, 3.8) is 0 Å². The number of rotatable bonds is 3. The van der Waals surface area contributed by atoms with Crippen molar-refractivity contribution < 1.29 is 5.11 Å². The predicted octanol–water partition coefficient (Wildman–Crippen LogP) is 2.55. The molecule has 1 fully saturated rings. The van der Waals surface area contributed by atoms with Crippen LogP contribution >= 0.6 is 0 Å². The average Bonchev–Trinajstić information content (AvgIpc) is 3.49. The van der Waals surface area contributed by atoms with E-state index in [-0.39, 0.29) is 11.8 Å². The van der Waals surface area contributed by atoms with Crippen LogP contribution in [0.25, 0.3) is 38.8 Å². The third-order valence-corrected chi connectivity index (χ3v) is 6.68. The van der Waals surface area contributed by atoms with Crippen LogP contribution in [-0.2, 0) is 14.1 Å². The first-order valence-electron chi connectivity index (χ1n) is 11.3. The maximum Gasteiger partial charge on any atom is 0.333 e. The number of fused-ring (bicyclic) bond motifs is 3. The number of hydrogen-bond donors (Lipinski definition) is 1. The number of aryl methyl sites for hydroxylation is 3. The van der Waals surface area contributed by atoms with Crippen LogP contribution in [0.5, 0.6) is 0 Å². The summed E-state index contributed by atoms with van der Waals surface area (Å²) in [5.41, 5.74) is 5.76. The molecule has 0 spiro atoms. The van der Waals surface area contributed by atoms with E-state index in [1.165, 1.54) is 0 Å². The minimum Gasteiger partial charge on any atom is -0.391 e. The van der Waals surface area contributed by atoms with Crippen molar-refractivity contribution in [2.75, 3.05) is 18.0 Å². The fourth-order valence-corrected chi connectivity index (χ4v) is 4.90. The Morgan fingerprint density at radius 3 is 2.56 bits per heavy atom. The van der Waals surface area contributed by atoms with Crippen LogP contribution in [0.3, 0.4) is 0 Å². The minimum absolute atomic E-state index is 0.135. The Morgan fingerprint density at radius 2 is 1.88 bits per heavy atom. The van der Waals surface area contributed by atoms with Crippen molar-refractivity contribution in [1.82, 2.24) is 28.9 Å². The largest absolute Gasteiger partial charge is 0.391 e. The van der Waals surface area contributed by atoms with Gasteiger partial charge in [0.1, 0.15) is 5.82 Å². The lowest BCUT2D eigenvalue weighted by Crippen LogP contribution is -2.21. The molecule has 5 heterocycles. The number of imidazole rings is 1. The van der Waals surface area contributed by atoms with Gasteiger partial charge in [-0.15, -0.1) is 0 Å².